The number of aromatic amines is 1. The smallest absolute Gasteiger partial charge is 0.233 e. The van der Waals surface area contributed by atoms with E-state index in [2.05, 4.69) is 9.97 Å². The Morgan fingerprint density at radius 2 is 1.70 bits per heavy atom. The number of imidazole rings is 1. The fourth-order valence-corrected chi connectivity index (χ4v) is 4.42. The normalized spacial score (nSPS) is 23.5. The molecule has 0 spiro atoms. The molecule has 0 saturated carbocycles. The summed E-state index contributed by atoms with van der Waals surface area (Å²) in [6.45, 7) is 4.00. The summed E-state index contributed by atoms with van der Waals surface area (Å²) >= 11 is 0. The van der Waals surface area contributed by atoms with Crippen molar-refractivity contribution in [2.75, 3.05) is 26.3 Å². The highest BCUT2D eigenvalue weighted by Gasteiger charge is 2.43. The molecule has 5 rings (SSSR count). The second-order valence-electron chi connectivity index (χ2n) is 8.96. The average molecular weight is 451 g/mol. The second-order valence-corrected chi connectivity index (χ2v) is 8.96. The summed E-state index contributed by atoms with van der Waals surface area (Å²) in [6.07, 6.45) is 5.95. The molecule has 33 heavy (non-hydrogen) atoms. The number of nitrogens with one attached hydrogen (secondary N) is 1. The molecule has 0 unspecified atom stereocenters. The number of likely N-dealkylation sites (tertiary alicyclic amines) is 1. The quantitative estimate of drug-likeness (QED) is 0.640. The first-order valence-electron chi connectivity index (χ1n) is 11.3. The van der Waals surface area contributed by atoms with Crippen molar-refractivity contribution in [2.24, 2.45) is 5.41 Å². The summed E-state index contributed by atoms with van der Waals surface area (Å²) < 4.78 is 25.5. The predicted molar refractivity (Wildman–Crippen MR) is 120 cm³/mol. The number of amides is 1. The lowest BCUT2D eigenvalue weighted by Crippen LogP contribution is -2.51. The van der Waals surface area contributed by atoms with E-state index in [4.69, 9.17) is 14.5 Å². The third kappa shape index (κ3) is 4.41. The zero-order valence-corrected chi connectivity index (χ0v) is 18.6. The van der Waals surface area contributed by atoms with Crippen molar-refractivity contribution in [3.05, 3.63) is 60.4 Å². The van der Waals surface area contributed by atoms with Crippen molar-refractivity contribution in [1.82, 2.24) is 19.9 Å². The van der Waals surface area contributed by atoms with Gasteiger partial charge in [-0.25, -0.2) is 9.37 Å². The van der Waals surface area contributed by atoms with Crippen molar-refractivity contribution in [1.29, 1.82) is 0 Å². The molecule has 3 aromatic rings. The van der Waals surface area contributed by atoms with Crippen LogP contribution in [0.4, 0.5) is 4.39 Å². The molecule has 2 aliphatic heterocycles. The number of carbonyl (C=O) groups is 1. The Balaban J connectivity index is 1.39. The van der Waals surface area contributed by atoms with Gasteiger partial charge in [0, 0.05) is 36.6 Å². The molecule has 0 aliphatic carbocycles. The van der Waals surface area contributed by atoms with Gasteiger partial charge in [-0.2, -0.15) is 0 Å². The molecule has 2 aromatic heterocycles. The van der Waals surface area contributed by atoms with Crippen molar-refractivity contribution in [2.45, 2.75) is 32.5 Å². The lowest BCUT2D eigenvalue weighted by molar-refractivity contribution is -0.234. The summed E-state index contributed by atoms with van der Waals surface area (Å²) in [6, 6.07) is 9.95. The monoisotopic (exact) mass is 450 g/mol. The van der Waals surface area contributed by atoms with Crippen molar-refractivity contribution >= 4 is 5.91 Å². The first-order chi connectivity index (χ1) is 16.0. The molecule has 7 nitrogen and oxygen atoms in total. The van der Waals surface area contributed by atoms with Crippen LogP contribution in [-0.4, -0.2) is 52.1 Å². The number of ether oxygens (including phenoxy) is 2. The Hall–Kier alpha value is -3.10. The molecule has 4 heterocycles. The van der Waals surface area contributed by atoms with Gasteiger partial charge in [-0.3, -0.25) is 9.78 Å². The number of pyridine rings is 1. The molecule has 2 aliphatic rings. The summed E-state index contributed by atoms with van der Waals surface area (Å²) in [4.78, 5) is 27.2. The predicted octanol–water partition coefficient (Wildman–Crippen LogP) is 4.34. The number of carbonyl (C=O) groups excluding carboxylic acids is 1. The van der Waals surface area contributed by atoms with Crippen LogP contribution >= 0.6 is 0 Å². The summed E-state index contributed by atoms with van der Waals surface area (Å²) in [5.74, 6) is 0.287. The molecule has 2 saturated heterocycles. The summed E-state index contributed by atoms with van der Waals surface area (Å²) in [7, 11) is 0. The van der Waals surface area contributed by atoms with Gasteiger partial charge in [-0.15, -0.1) is 0 Å². The van der Waals surface area contributed by atoms with Crippen LogP contribution in [0.2, 0.25) is 0 Å². The van der Waals surface area contributed by atoms with Crippen LogP contribution in [-0.2, 0) is 14.3 Å². The van der Waals surface area contributed by atoms with Gasteiger partial charge < -0.3 is 19.4 Å². The summed E-state index contributed by atoms with van der Waals surface area (Å²) in [5, 5.41) is 0. The highest BCUT2D eigenvalue weighted by Crippen LogP contribution is 2.36. The highest BCUT2D eigenvalue weighted by atomic mass is 19.1. The maximum absolute atomic E-state index is 13.5. The van der Waals surface area contributed by atoms with E-state index in [1.54, 1.807) is 24.5 Å². The lowest BCUT2D eigenvalue weighted by Gasteiger charge is -2.40. The minimum Gasteiger partial charge on any atom is -0.345 e. The lowest BCUT2D eigenvalue weighted by atomic mass is 9.89. The van der Waals surface area contributed by atoms with Crippen LogP contribution in [0.25, 0.3) is 22.5 Å². The Bertz CT molecular complexity index is 1100. The van der Waals surface area contributed by atoms with E-state index in [1.165, 1.54) is 18.6 Å². The molecular formula is C25H27FN4O3. The number of benzene rings is 1. The zero-order valence-electron chi connectivity index (χ0n) is 18.6. The number of aromatic nitrogens is 3. The number of rotatable bonds is 4. The molecule has 0 radical (unpaired) electrons. The van der Waals surface area contributed by atoms with Crippen LogP contribution in [0.1, 0.15) is 38.3 Å². The maximum Gasteiger partial charge on any atom is 0.233 e. The maximum atomic E-state index is 13.5. The van der Waals surface area contributed by atoms with E-state index in [0.29, 0.717) is 11.5 Å². The van der Waals surface area contributed by atoms with E-state index < -0.39 is 11.7 Å². The summed E-state index contributed by atoms with van der Waals surface area (Å²) in [5.41, 5.74) is 2.38. The third-order valence-electron chi connectivity index (χ3n) is 6.30. The molecular weight excluding hydrogens is 423 g/mol. The van der Waals surface area contributed by atoms with Gasteiger partial charge in [0.05, 0.1) is 30.0 Å². The molecule has 0 atom stereocenters. The second kappa shape index (κ2) is 9.03. The first kappa shape index (κ1) is 21.7. The topological polar surface area (TPSA) is 80.3 Å². The largest absolute Gasteiger partial charge is 0.345 e. The van der Waals surface area contributed by atoms with Crippen molar-refractivity contribution < 1.29 is 18.7 Å². The fraction of sp³-hybridized carbons (Fsp3) is 0.400. The molecule has 1 N–H and O–H groups in total. The van der Waals surface area contributed by atoms with Gasteiger partial charge in [0.2, 0.25) is 12.2 Å². The molecule has 172 valence electrons. The van der Waals surface area contributed by atoms with Crippen LogP contribution in [0.5, 0.6) is 0 Å². The van der Waals surface area contributed by atoms with Crippen LogP contribution < -0.4 is 0 Å². The number of H-pyrrole nitrogens is 1. The zero-order chi connectivity index (χ0) is 22.8. The number of piperidine rings is 1. The van der Waals surface area contributed by atoms with Crippen LogP contribution in [0.3, 0.4) is 0 Å². The number of nitrogens with zero attached hydrogens (tertiary/aromatic N) is 3. The SMILES string of the molecule is CC1(C(=O)N2CCCCC2)COC(c2nc(-c3ccc(F)cc3)c(-c3ccncc3)[nH]2)OC1. The first-order valence-corrected chi connectivity index (χ1v) is 11.3. The van der Waals surface area contributed by atoms with Crippen molar-refractivity contribution in [3.8, 4) is 22.5 Å². The van der Waals surface area contributed by atoms with Crippen LogP contribution in [0, 0.1) is 11.2 Å². The molecule has 1 amide bonds. The number of halogens is 1. The minimum atomic E-state index is -0.720. The third-order valence-corrected chi connectivity index (χ3v) is 6.30. The van der Waals surface area contributed by atoms with Crippen LogP contribution in [0.15, 0.2) is 48.8 Å². The Morgan fingerprint density at radius 1 is 1.03 bits per heavy atom. The Labute approximate surface area is 192 Å². The standard InChI is InChI=1S/C25H27FN4O3/c1-25(24(31)30-13-3-2-4-14-30)15-32-23(33-16-25)22-28-20(17-5-7-19(26)8-6-17)21(29-22)18-9-11-27-12-10-18/h5-12,23H,2-4,13-16H2,1H3,(H,28,29). The van der Waals surface area contributed by atoms with Gasteiger partial charge in [0.15, 0.2) is 5.82 Å². The average Bonchev–Trinajstić information content (AvgIpc) is 3.31. The highest BCUT2D eigenvalue weighted by molar-refractivity contribution is 5.83. The van der Waals surface area contributed by atoms with Crippen molar-refractivity contribution in [3.63, 3.8) is 0 Å². The van der Waals surface area contributed by atoms with Gasteiger partial charge in [-0.1, -0.05) is 0 Å². The van der Waals surface area contributed by atoms with E-state index in [0.717, 1.165) is 42.8 Å². The fourth-order valence-electron chi connectivity index (χ4n) is 4.42. The van der Waals surface area contributed by atoms with E-state index in [9.17, 15) is 9.18 Å². The molecule has 1 aromatic carbocycles. The van der Waals surface area contributed by atoms with E-state index in [1.807, 2.05) is 24.0 Å². The number of hydrogen-bond donors (Lipinski definition) is 1. The van der Waals surface area contributed by atoms with Gasteiger partial charge in [-0.05, 0) is 62.6 Å². The van der Waals surface area contributed by atoms with Gasteiger partial charge in [0.25, 0.3) is 0 Å². The van der Waals surface area contributed by atoms with Gasteiger partial charge >= 0.3 is 0 Å². The number of hydrogen-bond acceptors (Lipinski definition) is 5. The van der Waals surface area contributed by atoms with E-state index >= 15 is 0 Å². The molecule has 0 bridgehead atoms. The minimum absolute atomic E-state index is 0.0876. The molecule has 2 fully saturated rings. The Morgan fingerprint density at radius 3 is 2.36 bits per heavy atom. The van der Waals surface area contributed by atoms with Gasteiger partial charge in [0.1, 0.15) is 5.82 Å². The Kier molecular flexibility index (Phi) is 5.95. The van der Waals surface area contributed by atoms with E-state index in [-0.39, 0.29) is 24.9 Å². The molecule has 8 heteroatoms.